The van der Waals surface area contributed by atoms with Crippen LogP contribution in [0.1, 0.15) is 31.7 Å². The molecule has 7 heteroatoms. The van der Waals surface area contributed by atoms with Crippen LogP contribution in [0.5, 0.6) is 0 Å². The first-order valence-electron chi connectivity index (χ1n) is 8.33. The number of anilines is 1. The van der Waals surface area contributed by atoms with Gasteiger partial charge >= 0.3 is 0 Å². The molecule has 1 aliphatic rings. The lowest BCUT2D eigenvalue weighted by Gasteiger charge is -2.19. The SMILES string of the molecule is CC[C@H](Sc1nnc(N2CCCC2)n1-c1ccc(C)cc1)C(N)=O. The molecule has 6 nitrogen and oxygen atoms in total. The normalized spacial score (nSPS) is 15.7. The van der Waals surface area contributed by atoms with Crippen LogP contribution in [-0.2, 0) is 4.79 Å². The summed E-state index contributed by atoms with van der Waals surface area (Å²) in [6.45, 7) is 5.99. The van der Waals surface area contributed by atoms with Crippen molar-refractivity contribution in [1.82, 2.24) is 14.8 Å². The first kappa shape index (κ1) is 16.8. The molecule has 3 rings (SSSR count). The molecule has 128 valence electrons. The van der Waals surface area contributed by atoms with Gasteiger partial charge in [-0.2, -0.15) is 0 Å². The molecular weight excluding hydrogens is 322 g/mol. The number of carbonyl (C=O) groups excluding carboxylic acids is 1. The highest BCUT2D eigenvalue weighted by Crippen LogP contribution is 2.31. The Morgan fingerprint density at radius 2 is 1.92 bits per heavy atom. The molecule has 0 spiro atoms. The van der Waals surface area contributed by atoms with Gasteiger partial charge in [0.2, 0.25) is 11.9 Å². The van der Waals surface area contributed by atoms with Crippen LogP contribution in [0.15, 0.2) is 29.4 Å². The number of thioether (sulfide) groups is 1. The monoisotopic (exact) mass is 345 g/mol. The molecule has 0 bridgehead atoms. The van der Waals surface area contributed by atoms with Crippen molar-refractivity contribution in [2.24, 2.45) is 5.73 Å². The Balaban J connectivity index is 2.02. The van der Waals surface area contributed by atoms with Gasteiger partial charge in [-0.25, -0.2) is 0 Å². The maximum atomic E-state index is 11.6. The van der Waals surface area contributed by atoms with Crippen LogP contribution >= 0.6 is 11.8 Å². The van der Waals surface area contributed by atoms with Gasteiger partial charge < -0.3 is 10.6 Å². The molecule has 1 saturated heterocycles. The van der Waals surface area contributed by atoms with Crippen LogP contribution < -0.4 is 10.6 Å². The van der Waals surface area contributed by atoms with Crippen molar-refractivity contribution in [3.63, 3.8) is 0 Å². The van der Waals surface area contributed by atoms with Crippen LogP contribution in [0.25, 0.3) is 5.69 Å². The predicted molar refractivity (Wildman–Crippen MR) is 96.7 cm³/mol. The Hall–Kier alpha value is -2.02. The number of carbonyl (C=O) groups is 1. The van der Waals surface area contributed by atoms with Crippen LogP contribution in [0, 0.1) is 6.92 Å². The fourth-order valence-electron chi connectivity index (χ4n) is 2.85. The van der Waals surface area contributed by atoms with Crippen molar-refractivity contribution in [3.05, 3.63) is 29.8 Å². The molecule has 2 heterocycles. The van der Waals surface area contributed by atoms with E-state index in [0.29, 0.717) is 11.6 Å². The van der Waals surface area contributed by atoms with E-state index in [1.807, 2.05) is 11.5 Å². The number of rotatable bonds is 6. The summed E-state index contributed by atoms with van der Waals surface area (Å²) in [6, 6.07) is 8.27. The third-order valence-corrected chi connectivity index (χ3v) is 5.56. The Morgan fingerprint density at radius 1 is 1.25 bits per heavy atom. The zero-order valence-electron chi connectivity index (χ0n) is 14.1. The topological polar surface area (TPSA) is 77.0 Å². The molecule has 1 aliphatic heterocycles. The highest BCUT2D eigenvalue weighted by molar-refractivity contribution is 8.00. The molecule has 1 aromatic heterocycles. The van der Waals surface area contributed by atoms with E-state index < -0.39 is 0 Å². The van der Waals surface area contributed by atoms with Crippen molar-refractivity contribution in [1.29, 1.82) is 0 Å². The Kier molecular flexibility index (Phi) is 5.08. The molecular formula is C17H23N5OS. The van der Waals surface area contributed by atoms with Gasteiger partial charge in [-0.05, 0) is 38.3 Å². The zero-order valence-corrected chi connectivity index (χ0v) is 14.9. The number of amides is 1. The number of benzene rings is 1. The van der Waals surface area contributed by atoms with Crippen LogP contribution in [-0.4, -0.2) is 39.0 Å². The molecule has 2 N–H and O–H groups in total. The smallest absolute Gasteiger partial charge is 0.232 e. The Morgan fingerprint density at radius 3 is 2.50 bits per heavy atom. The second kappa shape index (κ2) is 7.25. The van der Waals surface area contributed by atoms with Gasteiger partial charge in [-0.1, -0.05) is 36.4 Å². The number of hydrogen-bond donors (Lipinski definition) is 1. The first-order chi connectivity index (χ1) is 11.6. The summed E-state index contributed by atoms with van der Waals surface area (Å²) < 4.78 is 2.04. The number of nitrogens with zero attached hydrogens (tertiary/aromatic N) is 4. The molecule has 1 aromatic carbocycles. The van der Waals surface area contributed by atoms with Crippen LogP contribution in [0.4, 0.5) is 5.95 Å². The van der Waals surface area contributed by atoms with Crippen molar-refractivity contribution >= 4 is 23.6 Å². The van der Waals surface area contributed by atoms with E-state index in [4.69, 9.17) is 5.73 Å². The number of hydrogen-bond acceptors (Lipinski definition) is 5. The minimum absolute atomic E-state index is 0.301. The number of primary amides is 1. The van der Waals surface area contributed by atoms with Crippen molar-refractivity contribution < 1.29 is 4.79 Å². The van der Waals surface area contributed by atoms with Crippen LogP contribution in [0.2, 0.25) is 0 Å². The standard InChI is InChI=1S/C17H23N5OS/c1-3-14(15(18)23)24-17-20-19-16(21-10-4-5-11-21)22(17)13-8-6-12(2)7-9-13/h6-9,14H,3-5,10-11H2,1-2H3,(H2,18,23)/t14-/m0/s1. The largest absolute Gasteiger partial charge is 0.369 e. The van der Waals surface area contributed by atoms with E-state index in [2.05, 4.69) is 46.3 Å². The van der Waals surface area contributed by atoms with Crippen molar-refractivity contribution in [2.45, 2.75) is 43.5 Å². The lowest BCUT2D eigenvalue weighted by molar-refractivity contribution is -0.117. The highest BCUT2D eigenvalue weighted by Gasteiger charge is 2.25. The van der Waals surface area contributed by atoms with Crippen LogP contribution in [0.3, 0.4) is 0 Å². The third kappa shape index (κ3) is 3.40. The quantitative estimate of drug-likeness (QED) is 0.814. The summed E-state index contributed by atoms with van der Waals surface area (Å²) in [5.41, 5.74) is 7.71. The molecule has 24 heavy (non-hydrogen) atoms. The Labute approximate surface area is 146 Å². The van der Waals surface area contributed by atoms with Gasteiger partial charge in [0.15, 0.2) is 5.16 Å². The second-order valence-electron chi connectivity index (χ2n) is 6.06. The average molecular weight is 345 g/mol. The van der Waals surface area contributed by atoms with Gasteiger partial charge in [0.25, 0.3) is 0 Å². The Bertz CT molecular complexity index is 706. The summed E-state index contributed by atoms with van der Waals surface area (Å²) in [5, 5.41) is 9.18. The molecule has 2 aromatic rings. The molecule has 0 unspecified atom stereocenters. The van der Waals surface area contributed by atoms with Gasteiger partial charge in [0, 0.05) is 13.1 Å². The van der Waals surface area contributed by atoms with Gasteiger partial charge in [-0.3, -0.25) is 9.36 Å². The fourth-order valence-corrected chi connectivity index (χ4v) is 3.77. The first-order valence-corrected chi connectivity index (χ1v) is 9.21. The lowest BCUT2D eigenvalue weighted by atomic mass is 10.2. The van der Waals surface area contributed by atoms with Gasteiger partial charge in [-0.15, -0.1) is 10.2 Å². The second-order valence-corrected chi connectivity index (χ2v) is 7.23. The summed E-state index contributed by atoms with van der Waals surface area (Å²) in [7, 11) is 0. The molecule has 0 radical (unpaired) electrons. The third-order valence-electron chi connectivity index (χ3n) is 4.23. The van der Waals surface area contributed by atoms with E-state index in [1.54, 1.807) is 0 Å². The van der Waals surface area contributed by atoms with Crippen molar-refractivity contribution in [2.75, 3.05) is 18.0 Å². The van der Waals surface area contributed by atoms with E-state index >= 15 is 0 Å². The number of aryl methyl sites for hydroxylation is 1. The minimum Gasteiger partial charge on any atom is -0.369 e. The minimum atomic E-state index is -0.316. The predicted octanol–water partition coefficient (Wildman–Crippen LogP) is 2.53. The molecule has 0 saturated carbocycles. The molecule has 1 atom stereocenters. The van der Waals surface area contributed by atoms with E-state index in [9.17, 15) is 4.79 Å². The van der Waals surface area contributed by atoms with E-state index in [-0.39, 0.29) is 11.2 Å². The number of aromatic nitrogens is 3. The highest BCUT2D eigenvalue weighted by atomic mass is 32.2. The number of nitrogens with two attached hydrogens (primary N) is 1. The van der Waals surface area contributed by atoms with Gasteiger partial charge in [0.05, 0.1) is 10.9 Å². The summed E-state index contributed by atoms with van der Waals surface area (Å²) in [5.74, 6) is 0.529. The fraction of sp³-hybridized carbons (Fsp3) is 0.471. The van der Waals surface area contributed by atoms with E-state index in [1.165, 1.54) is 30.2 Å². The maximum absolute atomic E-state index is 11.6. The average Bonchev–Trinajstić information content (AvgIpc) is 3.22. The lowest BCUT2D eigenvalue weighted by Crippen LogP contribution is -2.25. The molecule has 1 fully saturated rings. The maximum Gasteiger partial charge on any atom is 0.232 e. The summed E-state index contributed by atoms with van der Waals surface area (Å²) in [6.07, 6.45) is 3.00. The molecule has 1 amide bonds. The van der Waals surface area contributed by atoms with Gasteiger partial charge in [0.1, 0.15) is 0 Å². The summed E-state index contributed by atoms with van der Waals surface area (Å²) in [4.78, 5) is 13.9. The summed E-state index contributed by atoms with van der Waals surface area (Å²) >= 11 is 1.39. The van der Waals surface area contributed by atoms with Crippen molar-refractivity contribution in [3.8, 4) is 5.69 Å². The molecule has 0 aliphatic carbocycles. The zero-order chi connectivity index (χ0) is 17.1. The van der Waals surface area contributed by atoms with E-state index in [0.717, 1.165) is 24.7 Å².